The number of hydrogen-bond acceptors (Lipinski definition) is 2. The first kappa shape index (κ1) is 14.6. The standard InChI is InChI=1S/C16H27NO2/c1-12-4-6-13(7-5-12)15(18)19-16(2,3)14-8-10-17-11-9-14/h4,13-14,17H,5-11H2,1-3H3/p+1. The predicted molar refractivity (Wildman–Crippen MR) is 75.7 cm³/mol. The van der Waals surface area contributed by atoms with Crippen molar-refractivity contribution in [3.8, 4) is 0 Å². The lowest BCUT2D eigenvalue weighted by Crippen LogP contribution is -2.86. The molecule has 0 bridgehead atoms. The highest BCUT2D eigenvalue weighted by Gasteiger charge is 2.37. The molecule has 0 aromatic rings. The van der Waals surface area contributed by atoms with E-state index in [9.17, 15) is 4.79 Å². The van der Waals surface area contributed by atoms with Gasteiger partial charge in [-0.3, -0.25) is 4.79 Å². The van der Waals surface area contributed by atoms with E-state index in [1.165, 1.54) is 5.57 Å². The number of esters is 1. The summed E-state index contributed by atoms with van der Waals surface area (Å²) in [4.78, 5) is 12.3. The van der Waals surface area contributed by atoms with Crippen LogP contribution in [0, 0.1) is 11.8 Å². The molecular formula is C16H28NO2+. The molecule has 108 valence electrons. The number of quaternary nitrogens is 1. The monoisotopic (exact) mass is 266 g/mol. The van der Waals surface area contributed by atoms with E-state index in [-0.39, 0.29) is 17.5 Å². The summed E-state index contributed by atoms with van der Waals surface area (Å²) in [5.74, 6) is 0.615. The van der Waals surface area contributed by atoms with Crippen LogP contribution in [0.4, 0.5) is 0 Å². The average Bonchev–Trinajstić information content (AvgIpc) is 2.40. The van der Waals surface area contributed by atoms with Gasteiger partial charge in [0, 0.05) is 18.8 Å². The molecule has 0 aromatic heterocycles. The van der Waals surface area contributed by atoms with E-state index >= 15 is 0 Å². The van der Waals surface area contributed by atoms with Crippen LogP contribution in [-0.4, -0.2) is 24.7 Å². The van der Waals surface area contributed by atoms with Crippen molar-refractivity contribution in [3.63, 3.8) is 0 Å². The highest BCUT2D eigenvalue weighted by atomic mass is 16.6. The third-order valence-corrected chi connectivity index (χ3v) is 4.76. The van der Waals surface area contributed by atoms with Gasteiger partial charge in [-0.15, -0.1) is 0 Å². The van der Waals surface area contributed by atoms with Crippen molar-refractivity contribution in [2.24, 2.45) is 11.8 Å². The highest BCUT2D eigenvalue weighted by Crippen LogP contribution is 2.31. The predicted octanol–water partition coefficient (Wildman–Crippen LogP) is 2.03. The number of hydrogen-bond donors (Lipinski definition) is 1. The fraction of sp³-hybridized carbons (Fsp3) is 0.812. The van der Waals surface area contributed by atoms with E-state index < -0.39 is 0 Å². The topological polar surface area (TPSA) is 42.9 Å². The van der Waals surface area contributed by atoms with Crippen molar-refractivity contribution in [2.75, 3.05) is 13.1 Å². The second-order valence-electron chi connectivity index (χ2n) is 6.69. The van der Waals surface area contributed by atoms with E-state index in [1.54, 1.807) is 0 Å². The fourth-order valence-corrected chi connectivity index (χ4v) is 3.23. The maximum absolute atomic E-state index is 12.3. The maximum atomic E-state index is 12.3. The minimum absolute atomic E-state index is 0.0169. The lowest BCUT2D eigenvalue weighted by molar-refractivity contribution is -0.665. The third-order valence-electron chi connectivity index (χ3n) is 4.76. The Morgan fingerprint density at radius 2 is 2.00 bits per heavy atom. The van der Waals surface area contributed by atoms with Crippen LogP contribution >= 0.6 is 0 Å². The summed E-state index contributed by atoms with van der Waals surface area (Å²) in [5.41, 5.74) is 1.10. The minimum atomic E-state index is -0.304. The lowest BCUT2D eigenvalue weighted by Gasteiger charge is -2.36. The van der Waals surface area contributed by atoms with Crippen LogP contribution < -0.4 is 5.32 Å². The molecule has 1 heterocycles. The van der Waals surface area contributed by atoms with Gasteiger partial charge in [-0.05, 0) is 40.0 Å². The zero-order valence-corrected chi connectivity index (χ0v) is 12.6. The van der Waals surface area contributed by atoms with Crippen LogP contribution in [0.3, 0.4) is 0 Å². The number of ether oxygens (including phenoxy) is 1. The van der Waals surface area contributed by atoms with Crippen LogP contribution in [0.1, 0.15) is 52.9 Å². The zero-order valence-electron chi connectivity index (χ0n) is 12.6. The molecule has 1 aliphatic carbocycles. The van der Waals surface area contributed by atoms with Crippen LogP contribution in [-0.2, 0) is 9.53 Å². The van der Waals surface area contributed by atoms with Crippen molar-refractivity contribution < 1.29 is 14.8 Å². The van der Waals surface area contributed by atoms with Gasteiger partial charge in [0.2, 0.25) is 0 Å². The van der Waals surface area contributed by atoms with Crippen molar-refractivity contribution in [1.82, 2.24) is 0 Å². The number of nitrogens with two attached hydrogens (primary N) is 1. The summed E-state index contributed by atoms with van der Waals surface area (Å²) in [5, 5.41) is 2.35. The van der Waals surface area contributed by atoms with Crippen molar-refractivity contribution in [1.29, 1.82) is 0 Å². The van der Waals surface area contributed by atoms with Gasteiger partial charge in [0.15, 0.2) is 0 Å². The van der Waals surface area contributed by atoms with Crippen LogP contribution in [0.2, 0.25) is 0 Å². The van der Waals surface area contributed by atoms with Gasteiger partial charge < -0.3 is 10.1 Å². The third kappa shape index (κ3) is 3.82. The molecule has 2 rings (SSSR count). The normalized spacial score (nSPS) is 25.8. The van der Waals surface area contributed by atoms with Crippen LogP contribution in [0.5, 0.6) is 0 Å². The molecule has 19 heavy (non-hydrogen) atoms. The first-order valence-electron chi connectivity index (χ1n) is 7.69. The molecule has 1 fully saturated rings. The quantitative estimate of drug-likeness (QED) is 0.627. The Labute approximate surface area is 116 Å². The zero-order chi connectivity index (χ0) is 13.9. The Morgan fingerprint density at radius 1 is 1.32 bits per heavy atom. The van der Waals surface area contributed by atoms with Crippen LogP contribution in [0.25, 0.3) is 0 Å². The number of piperidine rings is 1. The smallest absolute Gasteiger partial charge is 0.309 e. The summed E-state index contributed by atoms with van der Waals surface area (Å²) in [6.45, 7) is 8.65. The first-order chi connectivity index (χ1) is 8.99. The van der Waals surface area contributed by atoms with E-state index in [4.69, 9.17) is 4.74 Å². The fourth-order valence-electron chi connectivity index (χ4n) is 3.23. The molecule has 3 heteroatoms. The Hall–Kier alpha value is -0.830. The Bertz CT molecular complexity index is 354. The second kappa shape index (κ2) is 6.08. The number of carbonyl (C=O) groups is 1. The van der Waals surface area contributed by atoms with Gasteiger partial charge in [0.1, 0.15) is 5.60 Å². The minimum Gasteiger partial charge on any atom is -0.459 e. The molecule has 1 atom stereocenters. The number of allylic oxidation sites excluding steroid dienone is 2. The van der Waals surface area contributed by atoms with E-state index in [2.05, 4.69) is 32.2 Å². The molecule has 1 unspecified atom stereocenters. The van der Waals surface area contributed by atoms with E-state index in [1.807, 2.05) is 0 Å². The highest BCUT2D eigenvalue weighted by molar-refractivity contribution is 5.73. The Morgan fingerprint density at radius 3 is 2.58 bits per heavy atom. The number of carbonyl (C=O) groups excluding carboxylic acids is 1. The molecular weight excluding hydrogens is 238 g/mol. The molecule has 0 spiro atoms. The largest absolute Gasteiger partial charge is 0.459 e. The summed E-state index contributed by atoms with van der Waals surface area (Å²) in [6, 6.07) is 0. The summed E-state index contributed by atoms with van der Waals surface area (Å²) in [6.07, 6.45) is 7.36. The van der Waals surface area contributed by atoms with E-state index in [0.29, 0.717) is 5.92 Å². The average molecular weight is 266 g/mol. The molecule has 3 nitrogen and oxygen atoms in total. The molecule has 1 saturated heterocycles. The van der Waals surface area contributed by atoms with Gasteiger partial charge >= 0.3 is 5.97 Å². The van der Waals surface area contributed by atoms with Gasteiger partial charge in [0.05, 0.1) is 19.0 Å². The summed E-state index contributed by atoms with van der Waals surface area (Å²) < 4.78 is 5.87. The Kier molecular flexibility index (Phi) is 4.67. The van der Waals surface area contributed by atoms with Crippen LogP contribution in [0.15, 0.2) is 11.6 Å². The molecule has 0 saturated carbocycles. The summed E-state index contributed by atoms with van der Waals surface area (Å²) in [7, 11) is 0. The van der Waals surface area contributed by atoms with Crippen molar-refractivity contribution in [3.05, 3.63) is 11.6 Å². The Balaban J connectivity index is 1.90. The molecule has 1 aliphatic heterocycles. The second-order valence-corrected chi connectivity index (χ2v) is 6.69. The number of rotatable bonds is 3. The summed E-state index contributed by atoms with van der Waals surface area (Å²) >= 11 is 0. The van der Waals surface area contributed by atoms with Gasteiger partial charge in [-0.25, -0.2) is 0 Å². The van der Waals surface area contributed by atoms with Gasteiger partial charge in [-0.1, -0.05) is 11.6 Å². The SMILES string of the molecule is CC1=CCC(C(=O)OC(C)(C)C2CC[NH2+]CC2)CC1. The molecule has 0 aromatic carbocycles. The molecule has 0 radical (unpaired) electrons. The lowest BCUT2D eigenvalue weighted by atomic mass is 9.83. The van der Waals surface area contributed by atoms with Gasteiger partial charge in [0.25, 0.3) is 0 Å². The van der Waals surface area contributed by atoms with Crippen molar-refractivity contribution in [2.45, 2.75) is 58.5 Å². The van der Waals surface area contributed by atoms with E-state index in [0.717, 1.165) is 45.2 Å². The van der Waals surface area contributed by atoms with Crippen molar-refractivity contribution >= 4 is 5.97 Å². The molecule has 2 aliphatic rings. The first-order valence-corrected chi connectivity index (χ1v) is 7.69. The maximum Gasteiger partial charge on any atom is 0.309 e. The molecule has 2 N–H and O–H groups in total. The molecule has 0 amide bonds. The van der Waals surface area contributed by atoms with Gasteiger partial charge in [-0.2, -0.15) is 0 Å².